The van der Waals surface area contributed by atoms with E-state index in [-0.39, 0.29) is 5.79 Å². The van der Waals surface area contributed by atoms with Crippen LogP contribution in [0.4, 0.5) is 5.82 Å². The van der Waals surface area contributed by atoms with Gasteiger partial charge in [-0.3, -0.25) is 0 Å². The van der Waals surface area contributed by atoms with Crippen molar-refractivity contribution in [3.05, 3.63) is 29.0 Å². The van der Waals surface area contributed by atoms with E-state index in [0.29, 0.717) is 13.2 Å². The van der Waals surface area contributed by atoms with E-state index in [9.17, 15) is 0 Å². The van der Waals surface area contributed by atoms with Gasteiger partial charge in [-0.2, -0.15) is 15.9 Å². The van der Waals surface area contributed by atoms with Crippen LogP contribution in [0.3, 0.4) is 0 Å². The van der Waals surface area contributed by atoms with Crippen LogP contribution >= 0.6 is 11.3 Å². The summed E-state index contributed by atoms with van der Waals surface area (Å²) in [5.74, 6) is 1.36. The zero-order valence-corrected chi connectivity index (χ0v) is 13.9. The Morgan fingerprint density at radius 1 is 1.04 bits per heavy atom. The van der Waals surface area contributed by atoms with Gasteiger partial charge in [-0.15, -0.1) is 15.3 Å². The number of rotatable bonds is 2. The summed E-state index contributed by atoms with van der Waals surface area (Å²) in [6.45, 7) is 3.15. The monoisotopic (exact) mass is 343 g/mol. The predicted molar refractivity (Wildman–Crippen MR) is 90.2 cm³/mol. The summed E-state index contributed by atoms with van der Waals surface area (Å²) in [5.41, 5.74) is 1.80. The Morgan fingerprint density at radius 3 is 2.62 bits per heavy atom. The molecule has 5 heterocycles. The van der Waals surface area contributed by atoms with E-state index in [1.165, 1.54) is 0 Å². The highest BCUT2D eigenvalue weighted by Gasteiger charge is 2.40. The predicted octanol–water partition coefficient (Wildman–Crippen LogP) is 2.20. The Hall–Kier alpha value is -2.03. The maximum atomic E-state index is 5.80. The highest BCUT2D eigenvalue weighted by Crippen LogP contribution is 2.32. The highest BCUT2D eigenvalue weighted by atomic mass is 32.1. The van der Waals surface area contributed by atoms with Gasteiger partial charge in [0.15, 0.2) is 17.3 Å². The van der Waals surface area contributed by atoms with Crippen molar-refractivity contribution in [3.63, 3.8) is 0 Å². The molecule has 3 aromatic heterocycles. The first kappa shape index (κ1) is 14.3. The number of anilines is 1. The van der Waals surface area contributed by atoms with Crippen LogP contribution in [-0.2, 0) is 9.47 Å². The fourth-order valence-electron chi connectivity index (χ4n) is 3.38. The molecule has 124 valence electrons. The van der Waals surface area contributed by atoms with Crippen molar-refractivity contribution < 1.29 is 9.47 Å². The van der Waals surface area contributed by atoms with E-state index < -0.39 is 0 Å². The number of ether oxygens (including phenoxy) is 2. The third kappa shape index (κ3) is 2.29. The summed E-state index contributed by atoms with van der Waals surface area (Å²) in [6, 6.07) is 6.02. The van der Waals surface area contributed by atoms with Gasteiger partial charge in [0.1, 0.15) is 5.82 Å². The standard InChI is InChI=1S/C16H17N5O2S/c1-2-14(20-6-4-16(5-7-20)22-8-9-23-16)19-21-13(1)17-18-15(21)12-3-10-24-11-12/h1-3,10-11H,4-9H2. The fraction of sp³-hybridized carbons (Fsp3) is 0.438. The first-order chi connectivity index (χ1) is 11.8. The molecule has 8 heteroatoms. The van der Waals surface area contributed by atoms with Gasteiger partial charge in [0.05, 0.1) is 13.2 Å². The van der Waals surface area contributed by atoms with Crippen molar-refractivity contribution in [2.75, 3.05) is 31.2 Å². The molecule has 2 fully saturated rings. The number of nitrogens with zero attached hydrogens (tertiary/aromatic N) is 5. The van der Waals surface area contributed by atoms with Crippen molar-refractivity contribution in [1.82, 2.24) is 19.8 Å². The molecular weight excluding hydrogens is 326 g/mol. The average Bonchev–Trinajstić information content (AvgIpc) is 3.35. The minimum Gasteiger partial charge on any atom is -0.355 e. The van der Waals surface area contributed by atoms with Crippen LogP contribution in [0, 0.1) is 0 Å². The van der Waals surface area contributed by atoms with Gasteiger partial charge in [0.2, 0.25) is 0 Å². The van der Waals surface area contributed by atoms with Gasteiger partial charge in [-0.1, -0.05) is 0 Å². The van der Waals surface area contributed by atoms with Crippen molar-refractivity contribution in [2.24, 2.45) is 0 Å². The van der Waals surface area contributed by atoms with Crippen LogP contribution in [-0.4, -0.2) is 51.9 Å². The Balaban J connectivity index is 1.44. The van der Waals surface area contributed by atoms with Crippen LogP contribution in [0.25, 0.3) is 17.0 Å². The smallest absolute Gasteiger partial charge is 0.186 e. The fourth-order valence-corrected chi connectivity index (χ4v) is 4.02. The minimum absolute atomic E-state index is 0.362. The summed E-state index contributed by atoms with van der Waals surface area (Å²) in [4.78, 5) is 2.27. The number of piperidine rings is 1. The SMILES string of the molecule is c1cc(-c2nnc3ccc(N4CCC5(CC4)OCCO5)nn23)cs1. The van der Waals surface area contributed by atoms with Crippen LogP contribution < -0.4 is 4.90 Å². The second-order valence-electron chi connectivity index (χ2n) is 6.09. The van der Waals surface area contributed by atoms with Crippen molar-refractivity contribution in [2.45, 2.75) is 18.6 Å². The van der Waals surface area contributed by atoms with Crippen LogP contribution in [0.2, 0.25) is 0 Å². The Morgan fingerprint density at radius 2 is 1.88 bits per heavy atom. The largest absolute Gasteiger partial charge is 0.355 e. The Labute approximate surface area is 142 Å². The number of hydrogen-bond donors (Lipinski definition) is 0. The number of hydrogen-bond acceptors (Lipinski definition) is 7. The topological polar surface area (TPSA) is 64.8 Å². The molecule has 0 N–H and O–H groups in total. The molecule has 0 unspecified atom stereocenters. The lowest BCUT2D eigenvalue weighted by Crippen LogP contribution is -2.45. The molecule has 1 spiro atoms. The molecule has 0 saturated carbocycles. The summed E-state index contributed by atoms with van der Waals surface area (Å²) < 4.78 is 13.4. The molecule has 0 bridgehead atoms. The maximum absolute atomic E-state index is 5.80. The summed E-state index contributed by atoms with van der Waals surface area (Å²) in [5, 5.41) is 17.4. The van der Waals surface area contributed by atoms with Gasteiger partial charge < -0.3 is 14.4 Å². The molecule has 0 radical (unpaired) electrons. The van der Waals surface area contributed by atoms with Crippen LogP contribution in [0.1, 0.15) is 12.8 Å². The van der Waals surface area contributed by atoms with Gasteiger partial charge >= 0.3 is 0 Å². The lowest BCUT2D eigenvalue weighted by atomic mass is 10.0. The number of fused-ring (bicyclic) bond motifs is 1. The molecule has 5 rings (SSSR count). The quantitative estimate of drug-likeness (QED) is 0.711. The summed E-state index contributed by atoms with van der Waals surface area (Å²) >= 11 is 1.64. The highest BCUT2D eigenvalue weighted by molar-refractivity contribution is 7.08. The van der Waals surface area contributed by atoms with E-state index in [4.69, 9.17) is 14.6 Å². The van der Waals surface area contributed by atoms with E-state index in [2.05, 4.69) is 20.5 Å². The average molecular weight is 343 g/mol. The van der Waals surface area contributed by atoms with E-state index >= 15 is 0 Å². The second kappa shape index (κ2) is 5.51. The molecule has 3 aromatic rings. The maximum Gasteiger partial charge on any atom is 0.186 e. The van der Waals surface area contributed by atoms with E-state index in [0.717, 1.165) is 48.8 Å². The van der Waals surface area contributed by atoms with Crippen molar-refractivity contribution in [3.8, 4) is 11.4 Å². The summed E-state index contributed by atoms with van der Waals surface area (Å²) in [7, 11) is 0. The Kier molecular flexibility index (Phi) is 3.29. The lowest BCUT2D eigenvalue weighted by molar-refractivity contribution is -0.169. The van der Waals surface area contributed by atoms with Gasteiger partial charge in [0, 0.05) is 36.9 Å². The molecular formula is C16H17N5O2S. The first-order valence-corrected chi connectivity index (χ1v) is 9.05. The molecule has 0 aliphatic carbocycles. The number of aromatic nitrogens is 4. The summed E-state index contributed by atoms with van der Waals surface area (Å²) in [6.07, 6.45) is 1.73. The first-order valence-electron chi connectivity index (χ1n) is 8.11. The van der Waals surface area contributed by atoms with Crippen molar-refractivity contribution >= 4 is 22.8 Å². The molecule has 2 saturated heterocycles. The van der Waals surface area contributed by atoms with Gasteiger partial charge in [0.25, 0.3) is 0 Å². The Bertz CT molecular complexity index is 847. The van der Waals surface area contributed by atoms with Gasteiger partial charge in [-0.05, 0) is 23.6 Å². The molecule has 0 atom stereocenters. The van der Waals surface area contributed by atoms with Crippen molar-refractivity contribution in [1.29, 1.82) is 0 Å². The zero-order chi connectivity index (χ0) is 16.0. The molecule has 0 amide bonds. The molecule has 24 heavy (non-hydrogen) atoms. The number of thiophene rings is 1. The zero-order valence-electron chi connectivity index (χ0n) is 13.1. The normalized spacial score (nSPS) is 20.2. The van der Waals surface area contributed by atoms with Crippen LogP contribution in [0.5, 0.6) is 0 Å². The van der Waals surface area contributed by atoms with Gasteiger partial charge in [-0.25, -0.2) is 0 Å². The lowest BCUT2D eigenvalue weighted by Gasteiger charge is -2.37. The third-order valence-electron chi connectivity index (χ3n) is 4.69. The third-order valence-corrected chi connectivity index (χ3v) is 5.37. The molecule has 0 aromatic carbocycles. The molecule has 2 aliphatic heterocycles. The molecule has 2 aliphatic rings. The van der Waals surface area contributed by atoms with E-state index in [1.807, 2.05) is 28.1 Å². The molecule has 7 nitrogen and oxygen atoms in total. The van der Waals surface area contributed by atoms with Crippen LogP contribution in [0.15, 0.2) is 29.0 Å². The minimum atomic E-state index is -0.362. The second-order valence-corrected chi connectivity index (χ2v) is 6.87. The van der Waals surface area contributed by atoms with E-state index in [1.54, 1.807) is 11.3 Å².